The highest BCUT2D eigenvalue weighted by Crippen LogP contribution is 2.23. The van der Waals surface area contributed by atoms with Crippen LogP contribution >= 0.6 is 0 Å². The molecule has 0 aliphatic carbocycles. The number of hydrogen-bond donors (Lipinski definition) is 0. The Hall–Kier alpha value is -1.94. The summed E-state index contributed by atoms with van der Waals surface area (Å²) in [5.41, 5.74) is 3.96. The van der Waals surface area contributed by atoms with Gasteiger partial charge in [-0.1, -0.05) is 18.2 Å². The van der Waals surface area contributed by atoms with Crippen molar-refractivity contribution in [3.8, 4) is 0 Å². The lowest BCUT2D eigenvalue weighted by atomic mass is 9.99. The minimum atomic E-state index is -0.0780. The number of carbonyl (C=O) groups excluding carboxylic acids is 1. The molecule has 1 amide bonds. The van der Waals surface area contributed by atoms with Crippen LogP contribution in [0.15, 0.2) is 24.3 Å². The molecule has 0 radical (unpaired) electrons. The number of amides is 1. The zero-order valence-corrected chi connectivity index (χ0v) is 11.7. The predicted octanol–water partition coefficient (Wildman–Crippen LogP) is 2.41. The van der Waals surface area contributed by atoms with Crippen LogP contribution in [0.2, 0.25) is 0 Å². The molecule has 2 rings (SSSR count). The lowest BCUT2D eigenvalue weighted by Crippen LogP contribution is -2.27. The number of carbonyl (C=O) groups is 1. The molecule has 1 heterocycles. The first kappa shape index (κ1) is 13.5. The second-order valence-electron chi connectivity index (χ2n) is 4.57. The Morgan fingerprint density at radius 2 is 2.00 bits per heavy atom. The number of benzene rings is 1. The van der Waals surface area contributed by atoms with Crippen LogP contribution in [0.3, 0.4) is 0 Å². The summed E-state index contributed by atoms with van der Waals surface area (Å²) >= 11 is 0. The Labute approximate surface area is 113 Å². The standard InChI is InChI=1S/C15H18N2O2/c1-10-12-7-5-6-8-14(12)16-11(2)13(10)9-15(18)17(3)19-4/h5-8H,9H2,1-4H3. The van der Waals surface area contributed by atoms with Gasteiger partial charge in [0.25, 0.3) is 0 Å². The molecule has 100 valence electrons. The van der Waals surface area contributed by atoms with Gasteiger partial charge in [-0.15, -0.1) is 0 Å². The topological polar surface area (TPSA) is 42.4 Å². The number of para-hydroxylation sites is 1. The van der Waals surface area contributed by atoms with Crippen LogP contribution in [0.4, 0.5) is 0 Å². The molecule has 1 aromatic carbocycles. The van der Waals surface area contributed by atoms with E-state index in [1.165, 1.54) is 12.2 Å². The maximum Gasteiger partial charge on any atom is 0.250 e. The van der Waals surface area contributed by atoms with E-state index in [2.05, 4.69) is 4.98 Å². The average Bonchev–Trinajstić information content (AvgIpc) is 2.42. The zero-order valence-electron chi connectivity index (χ0n) is 11.7. The van der Waals surface area contributed by atoms with Crippen LogP contribution in [0.25, 0.3) is 10.9 Å². The molecule has 0 N–H and O–H groups in total. The first-order valence-electron chi connectivity index (χ1n) is 6.20. The van der Waals surface area contributed by atoms with Crippen molar-refractivity contribution in [3.63, 3.8) is 0 Å². The van der Waals surface area contributed by atoms with Gasteiger partial charge in [0.15, 0.2) is 0 Å². The number of fused-ring (bicyclic) bond motifs is 1. The van der Waals surface area contributed by atoms with Gasteiger partial charge in [-0.25, -0.2) is 5.06 Å². The summed E-state index contributed by atoms with van der Waals surface area (Å²) in [6.45, 7) is 3.97. The third-order valence-electron chi connectivity index (χ3n) is 3.44. The van der Waals surface area contributed by atoms with Crippen molar-refractivity contribution in [2.45, 2.75) is 20.3 Å². The first-order valence-corrected chi connectivity index (χ1v) is 6.20. The summed E-state index contributed by atoms with van der Waals surface area (Å²) in [6.07, 6.45) is 0.305. The first-order chi connectivity index (χ1) is 9.04. The fraction of sp³-hybridized carbons (Fsp3) is 0.333. The molecule has 0 spiro atoms. The quantitative estimate of drug-likeness (QED) is 0.794. The number of aryl methyl sites for hydroxylation is 2. The largest absolute Gasteiger partial charge is 0.275 e. The SMILES string of the molecule is CON(C)C(=O)Cc1c(C)nc2ccccc2c1C. The highest BCUT2D eigenvalue weighted by atomic mass is 16.7. The number of nitrogens with zero attached hydrogens (tertiary/aromatic N) is 2. The Morgan fingerprint density at radius 3 is 2.68 bits per heavy atom. The minimum Gasteiger partial charge on any atom is -0.275 e. The molecule has 0 unspecified atom stereocenters. The Bertz CT molecular complexity index is 623. The van der Waals surface area contributed by atoms with E-state index in [0.29, 0.717) is 6.42 Å². The Morgan fingerprint density at radius 1 is 1.32 bits per heavy atom. The summed E-state index contributed by atoms with van der Waals surface area (Å²) < 4.78 is 0. The van der Waals surface area contributed by atoms with E-state index < -0.39 is 0 Å². The Kier molecular flexibility index (Phi) is 3.81. The van der Waals surface area contributed by atoms with E-state index in [-0.39, 0.29) is 5.91 Å². The van der Waals surface area contributed by atoms with Crippen molar-refractivity contribution in [2.75, 3.05) is 14.2 Å². The second kappa shape index (κ2) is 5.36. The molecular formula is C15H18N2O2. The summed E-state index contributed by atoms with van der Waals surface area (Å²) in [5, 5.41) is 2.34. The highest BCUT2D eigenvalue weighted by molar-refractivity contribution is 5.86. The van der Waals surface area contributed by atoms with Crippen LogP contribution in [-0.4, -0.2) is 30.1 Å². The molecule has 2 aromatic rings. The van der Waals surface area contributed by atoms with E-state index in [4.69, 9.17) is 4.84 Å². The van der Waals surface area contributed by atoms with Crippen molar-refractivity contribution >= 4 is 16.8 Å². The maximum atomic E-state index is 12.0. The minimum absolute atomic E-state index is 0.0780. The van der Waals surface area contributed by atoms with Crippen molar-refractivity contribution in [2.24, 2.45) is 0 Å². The van der Waals surface area contributed by atoms with Gasteiger partial charge in [-0.05, 0) is 31.0 Å². The van der Waals surface area contributed by atoms with E-state index >= 15 is 0 Å². The second-order valence-corrected chi connectivity index (χ2v) is 4.57. The smallest absolute Gasteiger partial charge is 0.250 e. The van der Waals surface area contributed by atoms with Gasteiger partial charge in [0, 0.05) is 18.1 Å². The van der Waals surface area contributed by atoms with Gasteiger partial charge in [0.2, 0.25) is 5.91 Å². The van der Waals surface area contributed by atoms with Crippen molar-refractivity contribution in [1.29, 1.82) is 0 Å². The van der Waals surface area contributed by atoms with Gasteiger partial charge >= 0.3 is 0 Å². The number of likely N-dealkylation sites (N-methyl/N-ethyl adjacent to an activating group) is 1. The third kappa shape index (κ3) is 2.58. The molecule has 0 aliphatic heterocycles. The van der Waals surface area contributed by atoms with Crippen LogP contribution in [0, 0.1) is 13.8 Å². The highest BCUT2D eigenvalue weighted by Gasteiger charge is 2.15. The molecule has 19 heavy (non-hydrogen) atoms. The molecule has 0 atom stereocenters. The summed E-state index contributed by atoms with van der Waals surface area (Å²) in [7, 11) is 3.09. The van der Waals surface area contributed by atoms with E-state index in [0.717, 1.165) is 27.7 Å². The molecule has 0 bridgehead atoms. The molecule has 1 aromatic heterocycles. The van der Waals surface area contributed by atoms with Gasteiger partial charge in [0.1, 0.15) is 0 Å². The van der Waals surface area contributed by atoms with Crippen LogP contribution < -0.4 is 0 Å². The number of pyridine rings is 1. The zero-order chi connectivity index (χ0) is 14.0. The van der Waals surface area contributed by atoms with E-state index in [9.17, 15) is 4.79 Å². The Balaban J connectivity index is 2.46. The normalized spacial score (nSPS) is 10.7. The number of rotatable bonds is 3. The van der Waals surface area contributed by atoms with Gasteiger partial charge in [-0.2, -0.15) is 0 Å². The van der Waals surface area contributed by atoms with Crippen molar-refractivity contribution < 1.29 is 9.63 Å². The summed E-state index contributed by atoms with van der Waals surface area (Å²) in [4.78, 5) is 21.4. The number of aromatic nitrogens is 1. The lowest BCUT2D eigenvalue weighted by molar-refractivity contribution is -0.167. The fourth-order valence-corrected chi connectivity index (χ4v) is 2.20. The number of hydrogen-bond acceptors (Lipinski definition) is 3. The van der Waals surface area contributed by atoms with E-state index in [1.807, 2.05) is 38.1 Å². The van der Waals surface area contributed by atoms with E-state index in [1.54, 1.807) is 7.05 Å². The molecule has 0 saturated carbocycles. The third-order valence-corrected chi connectivity index (χ3v) is 3.44. The summed E-state index contributed by atoms with van der Waals surface area (Å²) in [5.74, 6) is -0.0780. The molecule has 0 aliphatic rings. The van der Waals surface area contributed by atoms with Crippen LogP contribution in [0.1, 0.15) is 16.8 Å². The number of hydroxylamine groups is 2. The molecule has 0 fully saturated rings. The average molecular weight is 258 g/mol. The van der Waals surface area contributed by atoms with Crippen LogP contribution in [-0.2, 0) is 16.1 Å². The van der Waals surface area contributed by atoms with Gasteiger partial charge in [0.05, 0.1) is 19.0 Å². The van der Waals surface area contributed by atoms with Crippen LogP contribution in [0.5, 0.6) is 0 Å². The van der Waals surface area contributed by atoms with Gasteiger partial charge < -0.3 is 0 Å². The fourth-order valence-electron chi connectivity index (χ4n) is 2.20. The predicted molar refractivity (Wildman–Crippen MR) is 74.7 cm³/mol. The molecular weight excluding hydrogens is 240 g/mol. The molecule has 4 heteroatoms. The monoisotopic (exact) mass is 258 g/mol. The molecule has 0 saturated heterocycles. The van der Waals surface area contributed by atoms with Crippen molar-refractivity contribution in [1.82, 2.24) is 10.0 Å². The van der Waals surface area contributed by atoms with Crippen molar-refractivity contribution in [3.05, 3.63) is 41.1 Å². The van der Waals surface area contributed by atoms with Gasteiger partial charge in [-0.3, -0.25) is 14.6 Å². The summed E-state index contributed by atoms with van der Waals surface area (Å²) in [6, 6.07) is 7.98. The molecule has 4 nitrogen and oxygen atoms in total. The maximum absolute atomic E-state index is 12.0. The lowest BCUT2D eigenvalue weighted by Gasteiger charge is -2.16.